The van der Waals surface area contributed by atoms with Crippen LogP contribution in [0.3, 0.4) is 0 Å². The second-order valence-electron chi connectivity index (χ2n) is 6.41. The lowest BCUT2D eigenvalue weighted by Crippen LogP contribution is -2.18. The first-order chi connectivity index (χ1) is 13.1. The molecular formula is C22H18N2O2S. The fourth-order valence-electron chi connectivity index (χ4n) is 3.09. The van der Waals surface area contributed by atoms with Crippen molar-refractivity contribution in [3.63, 3.8) is 0 Å². The highest BCUT2D eigenvalue weighted by molar-refractivity contribution is 7.12. The minimum absolute atomic E-state index is 0.0149. The van der Waals surface area contributed by atoms with Crippen LogP contribution in [0.4, 0.5) is 5.69 Å². The third-order valence-electron chi connectivity index (χ3n) is 4.43. The SMILES string of the molecule is Cc1ccc(NC(=O)Cn2cc(C(=O)c3cccs3)c3ccccc32)cc1. The highest BCUT2D eigenvalue weighted by Crippen LogP contribution is 2.25. The summed E-state index contributed by atoms with van der Waals surface area (Å²) in [6, 6.07) is 19.0. The maximum absolute atomic E-state index is 12.8. The molecule has 0 spiro atoms. The van der Waals surface area contributed by atoms with Gasteiger partial charge < -0.3 is 9.88 Å². The summed E-state index contributed by atoms with van der Waals surface area (Å²) >= 11 is 1.42. The van der Waals surface area contributed by atoms with Gasteiger partial charge in [0, 0.05) is 28.4 Å². The number of para-hydroxylation sites is 1. The number of amides is 1. The first-order valence-corrected chi connectivity index (χ1v) is 9.52. The van der Waals surface area contributed by atoms with Gasteiger partial charge in [0.25, 0.3) is 0 Å². The van der Waals surface area contributed by atoms with Gasteiger partial charge in [-0.25, -0.2) is 0 Å². The van der Waals surface area contributed by atoms with Gasteiger partial charge in [-0.3, -0.25) is 9.59 Å². The second-order valence-corrected chi connectivity index (χ2v) is 7.36. The van der Waals surface area contributed by atoms with E-state index < -0.39 is 0 Å². The first-order valence-electron chi connectivity index (χ1n) is 8.64. The molecule has 1 N–H and O–H groups in total. The summed E-state index contributed by atoms with van der Waals surface area (Å²) in [4.78, 5) is 26.0. The number of hydrogen-bond donors (Lipinski definition) is 1. The van der Waals surface area contributed by atoms with E-state index in [1.54, 1.807) is 6.20 Å². The highest BCUT2D eigenvalue weighted by atomic mass is 32.1. The Bertz CT molecular complexity index is 1110. The second kappa shape index (κ2) is 7.21. The molecule has 0 atom stereocenters. The third-order valence-corrected chi connectivity index (χ3v) is 5.30. The van der Waals surface area contributed by atoms with Crippen molar-refractivity contribution in [2.24, 2.45) is 0 Å². The van der Waals surface area contributed by atoms with Crippen LogP contribution in [0.1, 0.15) is 20.8 Å². The molecule has 2 aromatic carbocycles. The van der Waals surface area contributed by atoms with Crippen LogP contribution >= 0.6 is 11.3 Å². The normalized spacial score (nSPS) is 10.9. The van der Waals surface area contributed by atoms with E-state index in [1.165, 1.54) is 11.3 Å². The van der Waals surface area contributed by atoms with Crippen LogP contribution in [0.2, 0.25) is 0 Å². The summed E-state index contributed by atoms with van der Waals surface area (Å²) in [5.74, 6) is -0.145. The number of aryl methyl sites for hydroxylation is 1. The predicted octanol–water partition coefficient (Wildman–Crippen LogP) is 4.88. The number of nitrogens with one attached hydrogen (secondary N) is 1. The van der Waals surface area contributed by atoms with Crippen molar-refractivity contribution >= 4 is 39.6 Å². The summed E-state index contributed by atoms with van der Waals surface area (Å²) < 4.78 is 1.83. The molecule has 0 bridgehead atoms. The molecule has 0 radical (unpaired) electrons. The van der Waals surface area contributed by atoms with E-state index in [2.05, 4.69) is 5.32 Å². The lowest BCUT2D eigenvalue weighted by atomic mass is 10.1. The van der Waals surface area contributed by atoms with Crippen molar-refractivity contribution in [1.29, 1.82) is 0 Å². The smallest absolute Gasteiger partial charge is 0.244 e. The number of benzene rings is 2. The zero-order valence-electron chi connectivity index (χ0n) is 14.8. The third kappa shape index (κ3) is 3.55. The van der Waals surface area contributed by atoms with E-state index in [1.807, 2.05) is 77.5 Å². The average molecular weight is 374 g/mol. The van der Waals surface area contributed by atoms with Crippen molar-refractivity contribution in [3.05, 3.63) is 88.2 Å². The van der Waals surface area contributed by atoms with Crippen molar-refractivity contribution in [3.8, 4) is 0 Å². The number of carbonyl (C=O) groups excluding carboxylic acids is 2. The molecule has 4 nitrogen and oxygen atoms in total. The Kier molecular flexibility index (Phi) is 4.60. The Morgan fingerprint density at radius 1 is 1.00 bits per heavy atom. The van der Waals surface area contributed by atoms with Gasteiger partial charge in [0.05, 0.1) is 4.88 Å². The molecule has 4 rings (SSSR count). The molecule has 2 aromatic heterocycles. The molecule has 0 fully saturated rings. The summed E-state index contributed by atoms with van der Waals surface area (Å²) in [5, 5.41) is 5.66. The van der Waals surface area contributed by atoms with Gasteiger partial charge in [-0.1, -0.05) is 42.0 Å². The van der Waals surface area contributed by atoms with Crippen LogP contribution < -0.4 is 5.32 Å². The summed E-state index contributed by atoms with van der Waals surface area (Å²) in [6.07, 6.45) is 1.78. The number of ketones is 1. The molecule has 4 aromatic rings. The minimum atomic E-state index is -0.130. The maximum Gasteiger partial charge on any atom is 0.244 e. The van der Waals surface area contributed by atoms with Crippen LogP contribution in [0.5, 0.6) is 0 Å². The fourth-order valence-corrected chi connectivity index (χ4v) is 3.77. The number of thiophene rings is 1. The van der Waals surface area contributed by atoms with Gasteiger partial charge in [-0.2, -0.15) is 0 Å². The largest absolute Gasteiger partial charge is 0.337 e. The molecule has 0 aliphatic rings. The molecule has 5 heteroatoms. The van der Waals surface area contributed by atoms with E-state index in [0.717, 1.165) is 22.2 Å². The maximum atomic E-state index is 12.8. The predicted molar refractivity (Wildman–Crippen MR) is 109 cm³/mol. The molecule has 27 heavy (non-hydrogen) atoms. The van der Waals surface area contributed by atoms with Crippen LogP contribution in [0.25, 0.3) is 10.9 Å². The Morgan fingerprint density at radius 2 is 1.78 bits per heavy atom. The summed E-state index contributed by atoms with van der Waals surface area (Å²) in [7, 11) is 0. The van der Waals surface area contributed by atoms with E-state index in [9.17, 15) is 9.59 Å². The van der Waals surface area contributed by atoms with Crippen LogP contribution in [0, 0.1) is 6.92 Å². The van der Waals surface area contributed by atoms with E-state index in [0.29, 0.717) is 10.4 Å². The van der Waals surface area contributed by atoms with E-state index in [4.69, 9.17) is 0 Å². The first kappa shape index (κ1) is 17.2. The molecule has 1 amide bonds. The van der Waals surface area contributed by atoms with Crippen LogP contribution in [-0.2, 0) is 11.3 Å². The summed E-state index contributed by atoms with van der Waals surface area (Å²) in [5.41, 5.74) is 3.39. The number of carbonyl (C=O) groups is 2. The number of anilines is 1. The number of fused-ring (bicyclic) bond motifs is 1. The topological polar surface area (TPSA) is 51.1 Å². The van der Waals surface area contributed by atoms with Gasteiger partial charge in [-0.05, 0) is 36.6 Å². The zero-order valence-corrected chi connectivity index (χ0v) is 15.6. The van der Waals surface area contributed by atoms with Gasteiger partial charge in [0.1, 0.15) is 6.54 Å². The van der Waals surface area contributed by atoms with Gasteiger partial charge in [-0.15, -0.1) is 11.3 Å². The molecule has 0 saturated carbocycles. The van der Waals surface area contributed by atoms with Gasteiger partial charge >= 0.3 is 0 Å². The number of nitrogens with zero attached hydrogens (tertiary/aromatic N) is 1. The summed E-state index contributed by atoms with van der Waals surface area (Å²) in [6.45, 7) is 2.15. The monoisotopic (exact) mass is 374 g/mol. The van der Waals surface area contributed by atoms with Crippen LogP contribution in [0.15, 0.2) is 72.2 Å². The van der Waals surface area contributed by atoms with Crippen molar-refractivity contribution in [2.45, 2.75) is 13.5 Å². The highest BCUT2D eigenvalue weighted by Gasteiger charge is 2.18. The van der Waals surface area contributed by atoms with E-state index in [-0.39, 0.29) is 18.2 Å². The molecule has 134 valence electrons. The molecule has 0 aliphatic carbocycles. The molecular weight excluding hydrogens is 356 g/mol. The molecule has 0 aliphatic heterocycles. The number of rotatable bonds is 5. The standard InChI is InChI=1S/C22H18N2O2S/c1-15-8-10-16(11-9-15)23-21(25)14-24-13-18(17-5-2-3-6-19(17)24)22(26)20-7-4-12-27-20/h2-13H,14H2,1H3,(H,23,25). The van der Waals surface area contributed by atoms with Crippen molar-refractivity contribution in [2.75, 3.05) is 5.32 Å². The molecule has 0 unspecified atom stereocenters. The lowest BCUT2D eigenvalue weighted by molar-refractivity contribution is -0.116. The van der Waals surface area contributed by atoms with Crippen LogP contribution in [-0.4, -0.2) is 16.3 Å². The average Bonchev–Trinajstić information content (AvgIpc) is 3.32. The number of aromatic nitrogens is 1. The zero-order chi connectivity index (χ0) is 18.8. The van der Waals surface area contributed by atoms with Gasteiger partial charge in [0.15, 0.2) is 0 Å². The Labute approximate surface area is 161 Å². The molecule has 2 heterocycles. The van der Waals surface area contributed by atoms with E-state index >= 15 is 0 Å². The van der Waals surface area contributed by atoms with Crippen molar-refractivity contribution < 1.29 is 9.59 Å². The Hall–Kier alpha value is -3.18. The lowest BCUT2D eigenvalue weighted by Gasteiger charge is -2.07. The van der Waals surface area contributed by atoms with Gasteiger partial charge in [0.2, 0.25) is 11.7 Å². The van der Waals surface area contributed by atoms with Crippen molar-refractivity contribution in [1.82, 2.24) is 4.57 Å². The molecule has 0 saturated heterocycles. The quantitative estimate of drug-likeness (QED) is 0.506. The Morgan fingerprint density at radius 3 is 2.52 bits per heavy atom. The minimum Gasteiger partial charge on any atom is -0.337 e. The Balaban J connectivity index is 1.63. The fraction of sp³-hybridized carbons (Fsp3) is 0.0909. The number of hydrogen-bond acceptors (Lipinski definition) is 3.